The van der Waals surface area contributed by atoms with Crippen LogP contribution in [0.25, 0.3) is 0 Å². The summed E-state index contributed by atoms with van der Waals surface area (Å²) >= 11 is 0. The fraction of sp³-hybridized carbons (Fsp3) is 0.667. The summed E-state index contributed by atoms with van der Waals surface area (Å²) in [5, 5.41) is 10.3. The minimum absolute atomic E-state index is 0.401. The normalized spacial score (nSPS) is 13.9. The molecule has 0 amide bonds. The summed E-state index contributed by atoms with van der Waals surface area (Å²) in [6.45, 7) is 4.50. The van der Waals surface area contributed by atoms with E-state index in [0.717, 1.165) is 12.8 Å². The molecule has 0 aliphatic rings. The summed E-state index contributed by atoms with van der Waals surface area (Å²) in [6, 6.07) is 9.40. The van der Waals surface area contributed by atoms with Crippen LogP contribution in [0.1, 0.15) is 65.2 Å². The summed E-state index contributed by atoms with van der Waals surface area (Å²) in [7, 11) is 0. The van der Waals surface area contributed by atoms with Crippen molar-refractivity contribution in [3.05, 3.63) is 30.3 Å². The number of benzene rings is 1. The molecule has 1 aromatic carbocycles. The molecule has 0 radical (unpaired) electrons. The SMILES string of the molecule is CCCCCCCCC(C)(O)CCOOc1ccccc1. The molecule has 0 aliphatic carbocycles. The van der Waals surface area contributed by atoms with E-state index in [1.54, 1.807) is 0 Å². The average Bonchev–Trinajstić information content (AvgIpc) is 2.48. The number of aliphatic hydroxyl groups is 1. The Morgan fingerprint density at radius 1 is 0.952 bits per heavy atom. The Hall–Kier alpha value is -1.06. The third-order valence-electron chi connectivity index (χ3n) is 3.69. The molecule has 21 heavy (non-hydrogen) atoms. The van der Waals surface area contributed by atoms with Crippen LogP contribution in [0, 0.1) is 0 Å². The molecule has 1 atom stereocenters. The maximum Gasteiger partial charge on any atom is 0.165 e. The summed E-state index contributed by atoms with van der Waals surface area (Å²) in [6.07, 6.45) is 8.89. The average molecular weight is 294 g/mol. The first kappa shape index (κ1) is 18.0. The molecule has 0 bridgehead atoms. The van der Waals surface area contributed by atoms with Gasteiger partial charge in [-0.3, -0.25) is 0 Å². The number of unbranched alkanes of at least 4 members (excludes halogenated alkanes) is 5. The molecule has 0 aliphatic heterocycles. The first-order chi connectivity index (χ1) is 10.1. The highest BCUT2D eigenvalue weighted by Crippen LogP contribution is 2.19. The van der Waals surface area contributed by atoms with Gasteiger partial charge in [0.05, 0.1) is 12.2 Å². The van der Waals surface area contributed by atoms with Gasteiger partial charge in [-0.05, 0) is 25.5 Å². The smallest absolute Gasteiger partial charge is 0.165 e. The molecule has 0 aromatic heterocycles. The number of hydrogen-bond acceptors (Lipinski definition) is 3. The molecular weight excluding hydrogens is 264 g/mol. The van der Waals surface area contributed by atoms with Crippen molar-refractivity contribution in [2.75, 3.05) is 6.61 Å². The molecule has 120 valence electrons. The van der Waals surface area contributed by atoms with Crippen LogP contribution in [0.15, 0.2) is 30.3 Å². The van der Waals surface area contributed by atoms with Crippen LogP contribution >= 0.6 is 0 Å². The quantitative estimate of drug-likeness (QED) is 0.339. The first-order valence-electron chi connectivity index (χ1n) is 8.21. The van der Waals surface area contributed by atoms with Crippen molar-refractivity contribution in [1.29, 1.82) is 0 Å². The van der Waals surface area contributed by atoms with Crippen LogP contribution in [0.2, 0.25) is 0 Å². The number of hydrogen-bond donors (Lipinski definition) is 1. The Bertz CT molecular complexity index is 349. The van der Waals surface area contributed by atoms with Gasteiger partial charge in [-0.25, -0.2) is 0 Å². The zero-order chi connectivity index (χ0) is 15.4. The van der Waals surface area contributed by atoms with Crippen LogP contribution in [-0.4, -0.2) is 17.3 Å². The van der Waals surface area contributed by atoms with Crippen molar-refractivity contribution in [2.45, 2.75) is 70.8 Å². The lowest BCUT2D eigenvalue weighted by molar-refractivity contribution is -0.215. The van der Waals surface area contributed by atoms with Crippen LogP contribution in [0.4, 0.5) is 0 Å². The highest BCUT2D eigenvalue weighted by Gasteiger charge is 2.19. The van der Waals surface area contributed by atoms with Crippen LogP contribution in [0.3, 0.4) is 0 Å². The first-order valence-corrected chi connectivity index (χ1v) is 8.21. The zero-order valence-electron chi connectivity index (χ0n) is 13.5. The monoisotopic (exact) mass is 294 g/mol. The van der Waals surface area contributed by atoms with E-state index in [1.807, 2.05) is 37.3 Å². The van der Waals surface area contributed by atoms with Crippen molar-refractivity contribution in [3.63, 3.8) is 0 Å². The maximum atomic E-state index is 10.3. The topological polar surface area (TPSA) is 38.7 Å². The Labute approximate surface area is 129 Å². The van der Waals surface area contributed by atoms with Crippen LogP contribution in [0.5, 0.6) is 5.75 Å². The minimum Gasteiger partial charge on any atom is -0.390 e. The molecule has 1 N–H and O–H groups in total. The standard InChI is InChI=1S/C18H30O3/c1-3-4-5-6-7-11-14-18(2,19)15-16-20-21-17-12-9-8-10-13-17/h8-10,12-13,19H,3-7,11,14-16H2,1-2H3. The van der Waals surface area contributed by atoms with E-state index in [-0.39, 0.29) is 0 Å². The van der Waals surface area contributed by atoms with E-state index in [1.165, 1.54) is 32.1 Å². The fourth-order valence-electron chi connectivity index (χ4n) is 2.26. The molecule has 3 heteroatoms. The van der Waals surface area contributed by atoms with Gasteiger partial charge < -0.3 is 9.99 Å². The van der Waals surface area contributed by atoms with Crippen molar-refractivity contribution >= 4 is 0 Å². The molecule has 0 fully saturated rings. The molecule has 0 spiro atoms. The molecule has 0 saturated heterocycles. The van der Waals surface area contributed by atoms with E-state index in [4.69, 9.17) is 9.78 Å². The fourth-order valence-corrected chi connectivity index (χ4v) is 2.26. The summed E-state index contributed by atoms with van der Waals surface area (Å²) < 4.78 is 0. The Balaban J connectivity index is 2.04. The van der Waals surface area contributed by atoms with Crippen LogP contribution < -0.4 is 4.89 Å². The highest BCUT2D eigenvalue weighted by atomic mass is 17.2. The van der Waals surface area contributed by atoms with Crippen molar-refractivity contribution in [1.82, 2.24) is 0 Å². The second-order valence-corrected chi connectivity index (χ2v) is 5.98. The predicted molar refractivity (Wildman–Crippen MR) is 86.3 cm³/mol. The second kappa shape index (κ2) is 10.6. The molecular formula is C18H30O3. The Morgan fingerprint density at radius 3 is 2.33 bits per heavy atom. The summed E-state index contributed by atoms with van der Waals surface area (Å²) in [4.78, 5) is 10.3. The van der Waals surface area contributed by atoms with E-state index < -0.39 is 5.60 Å². The van der Waals surface area contributed by atoms with Gasteiger partial charge in [-0.1, -0.05) is 63.6 Å². The van der Waals surface area contributed by atoms with Gasteiger partial charge in [0.25, 0.3) is 0 Å². The lowest BCUT2D eigenvalue weighted by Crippen LogP contribution is -2.26. The van der Waals surface area contributed by atoms with Gasteiger partial charge in [0.15, 0.2) is 5.75 Å². The van der Waals surface area contributed by atoms with Gasteiger partial charge in [-0.15, -0.1) is 0 Å². The Morgan fingerprint density at radius 2 is 1.62 bits per heavy atom. The minimum atomic E-state index is -0.662. The third-order valence-corrected chi connectivity index (χ3v) is 3.69. The van der Waals surface area contributed by atoms with Gasteiger partial charge >= 0.3 is 0 Å². The van der Waals surface area contributed by atoms with E-state index in [9.17, 15) is 5.11 Å². The van der Waals surface area contributed by atoms with Gasteiger partial charge in [0, 0.05) is 6.42 Å². The number of rotatable bonds is 12. The summed E-state index contributed by atoms with van der Waals surface area (Å²) in [5.41, 5.74) is -0.662. The highest BCUT2D eigenvalue weighted by molar-refractivity contribution is 5.20. The van der Waals surface area contributed by atoms with Crippen molar-refractivity contribution < 1.29 is 14.9 Å². The van der Waals surface area contributed by atoms with Crippen LogP contribution in [-0.2, 0) is 4.89 Å². The molecule has 3 nitrogen and oxygen atoms in total. The van der Waals surface area contributed by atoms with Crippen molar-refractivity contribution in [2.24, 2.45) is 0 Å². The molecule has 1 aromatic rings. The molecule has 1 rings (SSSR count). The van der Waals surface area contributed by atoms with Gasteiger partial charge in [0.1, 0.15) is 0 Å². The Kier molecular flexibility index (Phi) is 9.11. The molecule has 0 heterocycles. The molecule has 0 saturated carbocycles. The van der Waals surface area contributed by atoms with Crippen molar-refractivity contribution in [3.8, 4) is 5.75 Å². The predicted octanol–water partition coefficient (Wildman–Crippen LogP) is 4.89. The maximum absolute atomic E-state index is 10.3. The zero-order valence-corrected chi connectivity index (χ0v) is 13.5. The second-order valence-electron chi connectivity index (χ2n) is 5.98. The lowest BCUT2D eigenvalue weighted by atomic mass is 9.95. The third kappa shape index (κ3) is 9.48. The number of para-hydroxylation sites is 1. The lowest BCUT2D eigenvalue weighted by Gasteiger charge is -2.22. The molecule has 1 unspecified atom stereocenters. The van der Waals surface area contributed by atoms with Gasteiger partial charge in [-0.2, -0.15) is 4.89 Å². The largest absolute Gasteiger partial charge is 0.390 e. The van der Waals surface area contributed by atoms with E-state index in [2.05, 4.69) is 6.92 Å². The summed E-state index contributed by atoms with van der Waals surface area (Å²) in [5.74, 6) is 0.688. The van der Waals surface area contributed by atoms with E-state index in [0.29, 0.717) is 18.8 Å². The van der Waals surface area contributed by atoms with Gasteiger partial charge in [0.2, 0.25) is 0 Å². The van der Waals surface area contributed by atoms with E-state index >= 15 is 0 Å².